The van der Waals surface area contributed by atoms with Crippen LogP contribution in [0, 0.1) is 29.1 Å². The Morgan fingerprint density at radius 2 is 1.90 bits per heavy atom. The Labute approximate surface area is 299 Å². The minimum atomic E-state index is -0.904. The lowest BCUT2D eigenvalue weighted by molar-refractivity contribution is -0.183. The van der Waals surface area contributed by atoms with E-state index in [1.165, 1.54) is 6.42 Å². The molecule has 8 atom stereocenters. The molecule has 2 amide bonds. The zero-order valence-corrected chi connectivity index (χ0v) is 31.2. The number of rotatable bonds is 13. The van der Waals surface area contributed by atoms with Gasteiger partial charge in [-0.1, -0.05) is 44.4 Å². The minimum Gasteiger partial charge on any atom is -0.496 e. The largest absolute Gasteiger partial charge is 0.496 e. The van der Waals surface area contributed by atoms with Crippen molar-refractivity contribution in [2.24, 2.45) is 29.1 Å². The number of ether oxygens (including phenoxy) is 1. The fraction of sp³-hybridized carbons (Fsp3) is 0.632. The number of para-hydroxylation sites is 1. The van der Waals surface area contributed by atoms with Gasteiger partial charge in [0.05, 0.1) is 26.4 Å². The third-order valence-corrected chi connectivity index (χ3v) is 11.7. The molecule has 2 radical (unpaired) electrons. The Morgan fingerprint density at radius 3 is 2.48 bits per heavy atom. The summed E-state index contributed by atoms with van der Waals surface area (Å²) in [7, 11) is 15.8. The Morgan fingerprint density at radius 1 is 1.18 bits per heavy atom. The van der Waals surface area contributed by atoms with E-state index >= 15 is 0 Å². The summed E-state index contributed by atoms with van der Waals surface area (Å²) in [5, 5.41) is 29.1. The maximum Gasteiger partial charge on any atom is 0.250 e. The standard InChI is InChI=1S/C38H56BN5O6/c1-21-28-17-25(38(28,3)4)18-29(21)41-37(48)34-32(22(2)46)31(20-45)50-44(34)19-23-11-10-12-26(35(23)49-9)24-15-27(33(39)30(16-24)43(7)8)36(47)40-13-14-42(5)6/h10-12,15-16,21-22,25,28-29,31-32,34,45-46H,13-14,17-20H2,1-9H3,(H,40,47)(H,41,48)/t21-,22-,25+,28-,29-,31-,32+,34-/m0/s1. The molecular formula is C38H56BN5O6. The van der Waals surface area contributed by atoms with Crippen molar-refractivity contribution in [3.63, 3.8) is 0 Å². The van der Waals surface area contributed by atoms with E-state index in [1.54, 1.807) is 25.2 Å². The summed E-state index contributed by atoms with van der Waals surface area (Å²) in [4.78, 5) is 37.7. The molecule has 2 aromatic carbocycles. The number of aliphatic hydroxyl groups is 2. The van der Waals surface area contributed by atoms with Gasteiger partial charge in [-0.3, -0.25) is 14.4 Å². The fourth-order valence-corrected chi connectivity index (χ4v) is 8.67. The van der Waals surface area contributed by atoms with Crippen LogP contribution >= 0.6 is 0 Å². The summed E-state index contributed by atoms with van der Waals surface area (Å²) < 4.78 is 6.03. The molecule has 2 bridgehead atoms. The average molecular weight is 690 g/mol. The number of likely N-dealkylation sites (N-methyl/N-ethyl adjacent to an activating group) is 1. The van der Waals surface area contributed by atoms with Crippen molar-refractivity contribution in [2.75, 3.05) is 59.9 Å². The minimum absolute atomic E-state index is 0.0347. The zero-order valence-electron chi connectivity index (χ0n) is 31.2. The molecule has 4 N–H and O–H groups in total. The summed E-state index contributed by atoms with van der Waals surface area (Å²) in [6, 6.07) is 8.62. The Kier molecular flexibility index (Phi) is 11.6. The van der Waals surface area contributed by atoms with E-state index < -0.39 is 24.2 Å². The highest BCUT2D eigenvalue weighted by Crippen LogP contribution is 2.61. The number of hydroxylamine groups is 2. The van der Waals surface area contributed by atoms with Gasteiger partial charge in [0.2, 0.25) is 5.91 Å². The number of anilines is 1. The number of carbonyl (C=O) groups excluding carboxylic acids is 2. The van der Waals surface area contributed by atoms with E-state index in [4.69, 9.17) is 17.4 Å². The van der Waals surface area contributed by atoms with Gasteiger partial charge in [0, 0.05) is 61.5 Å². The van der Waals surface area contributed by atoms with E-state index in [1.807, 2.05) is 62.3 Å². The van der Waals surface area contributed by atoms with E-state index in [9.17, 15) is 19.8 Å². The second-order valence-electron chi connectivity index (χ2n) is 15.6. The van der Waals surface area contributed by atoms with Gasteiger partial charge in [-0.05, 0) is 74.7 Å². The highest BCUT2D eigenvalue weighted by molar-refractivity contribution is 6.40. The Hall–Kier alpha value is -3.16. The lowest BCUT2D eigenvalue weighted by Gasteiger charge is -2.62. The van der Waals surface area contributed by atoms with Crippen LogP contribution in [-0.4, -0.2) is 119 Å². The highest BCUT2D eigenvalue weighted by Gasteiger charge is 2.57. The molecule has 4 fully saturated rings. The van der Waals surface area contributed by atoms with Gasteiger partial charge < -0.3 is 35.4 Å². The molecular weight excluding hydrogens is 633 g/mol. The molecule has 2 aromatic rings. The SMILES string of the molecule is [B]c1c(C(=O)NCCN(C)C)cc(-c2cccc(CN3O[C@@H](CO)[C@@H]([C@H](C)O)[C@H]3C(=O)N[C@H]3C[C@H]4C[C@@H]([C@@H]3C)C4(C)C)c2OC)cc1N(C)C. The van der Waals surface area contributed by atoms with Crippen LogP contribution in [0.15, 0.2) is 30.3 Å². The average Bonchev–Trinajstić information content (AvgIpc) is 3.43. The normalized spacial score (nSPS) is 27.8. The van der Waals surface area contributed by atoms with Crippen LogP contribution in [0.25, 0.3) is 11.1 Å². The maximum absolute atomic E-state index is 14.2. The molecule has 4 aliphatic rings. The van der Waals surface area contributed by atoms with Gasteiger partial charge in [0.25, 0.3) is 5.91 Å². The summed E-state index contributed by atoms with van der Waals surface area (Å²) in [5.41, 5.74) is 3.92. The van der Waals surface area contributed by atoms with Crippen LogP contribution in [0.3, 0.4) is 0 Å². The molecule has 0 aromatic heterocycles. The van der Waals surface area contributed by atoms with E-state index in [0.717, 1.165) is 23.1 Å². The molecule has 6 rings (SSSR count). The topological polar surface area (TPSA) is 127 Å². The molecule has 1 aliphatic heterocycles. The maximum atomic E-state index is 14.2. The number of nitrogens with zero attached hydrogens (tertiary/aromatic N) is 3. The molecule has 272 valence electrons. The van der Waals surface area contributed by atoms with Crippen LogP contribution in [-0.2, 0) is 16.2 Å². The van der Waals surface area contributed by atoms with E-state index in [0.29, 0.717) is 53.3 Å². The Balaban J connectivity index is 1.46. The van der Waals surface area contributed by atoms with Crippen molar-refractivity contribution in [3.8, 4) is 16.9 Å². The number of benzene rings is 2. The van der Waals surface area contributed by atoms with Crippen LogP contribution in [0.2, 0.25) is 0 Å². The first kappa shape index (κ1) is 38.1. The van der Waals surface area contributed by atoms with Crippen molar-refractivity contribution in [1.82, 2.24) is 20.6 Å². The number of amides is 2. The number of fused-ring (bicyclic) bond motifs is 2. The molecule has 0 spiro atoms. The number of hydrogen-bond donors (Lipinski definition) is 4. The summed E-state index contributed by atoms with van der Waals surface area (Å²) in [6.07, 6.45) is 0.461. The lowest BCUT2D eigenvalue weighted by atomic mass is 9.45. The molecule has 1 saturated heterocycles. The molecule has 12 heteroatoms. The van der Waals surface area contributed by atoms with Gasteiger partial charge in [0.1, 0.15) is 25.7 Å². The number of aliphatic hydroxyl groups excluding tert-OH is 2. The van der Waals surface area contributed by atoms with Gasteiger partial charge in [-0.15, -0.1) is 0 Å². The summed E-state index contributed by atoms with van der Waals surface area (Å²) in [5.74, 6) is 0.879. The van der Waals surface area contributed by atoms with Gasteiger partial charge >= 0.3 is 0 Å². The van der Waals surface area contributed by atoms with Crippen LogP contribution < -0.4 is 25.7 Å². The zero-order chi connectivity index (χ0) is 36.7. The smallest absolute Gasteiger partial charge is 0.250 e. The number of hydrogen-bond acceptors (Lipinski definition) is 9. The third-order valence-electron chi connectivity index (χ3n) is 11.7. The van der Waals surface area contributed by atoms with Crippen LogP contribution in [0.1, 0.15) is 56.5 Å². The number of methoxy groups -OCH3 is 1. The summed E-state index contributed by atoms with van der Waals surface area (Å²) >= 11 is 0. The van der Waals surface area contributed by atoms with Crippen molar-refractivity contribution >= 4 is 30.8 Å². The molecule has 3 aliphatic carbocycles. The van der Waals surface area contributed by atoms with Gasteiger partial charge in [-0.2, -0.15) is 5.06 Å². The second kappa shape index (κ2) is 15.2. The quantitative estimate of drug-likeness (QED) is 0.234. The monoisotopic (exact) mass is 689 g/mol. The third kappa shape index (κ3) is 7.28. The predicted molar refractivity (Wildman–Crippen MR) is 197 cm³/mol. The van der Waals surface area contributed by atoms with Crippen LogP contribution in [0.5, 0.6) is 5.75 Å². The first-order chi connectivity index (χ1) is 23.6. The number of carbonyl (C=O) groups is 2. The molecule has 0 unspecified atom stereocenters. The molecule has 3 saturated carbocycles. The van der Waals surface area contributed by atoms with E-state index in [2.05, 4.69) is 31.4 Å². The molecule has 50 heavy (non-hydrogen) atoms. The molecule has 11 nitrogen and oxygen atoms in total. The van der Waals surface area contributed by atoms with Crippen molar-refractivity contribution in [1.29, 1.82) is 0 Å². The highest BCUT2D eigenvalue weighted by atomic mass is 16.7. The molecule has 1 heterocycles. The van der Waals surface area contributed by atoms with Crippen molar-refractivity contribution in [2.45, 2.75) is 71.4 Å². The number of nitrogens with one attached hydrogen (secondary N) is 2. The van der Waals surface area contributed by atoms with Gasteiger partial charge in [-0.25, -0.2) is 0 Å². The first-order valence-electron chi connectivity index (χ1n) is 17.8. The van der Waals surface area contributed by atoms with Crippen molar-refractivity contribution < 1.29 is 29.4 Å². The summed E-state index contributed by atoms with van der Waals surface area (Å²) in [6.45, 7) is 9.49. The predicted octanol–water partition coefficient (Wildman–Crippen LogP) is 2.17. The fourth-order valence-electron chi connectivity index (χ4n) is 8.67. The van der Waals surface area contributed by atoms with Crippen LogP contribution in [0.4, 0.5) is 5.69 Å². The first-order valence-corrected chi connectivity index (χ1v) is 17.8. The van der Waals surface area contributed by atoms with Gasteiger partial charge in [0.15, 0.2) is 0 Å². The second-order valence-corrected chi connectivity index (χ2v) is 15.6. The lowest BCUT2D eigenvalue weighted by Crippen LogP contribution is -2.62. The van der Waals surface area contributed by atoms with E-state index in [-0.39, 0.29) is 36.4 Å². The van der Waals surface area contributed by atoms with Crippen molar-refractivity contribution in [3.05, 3.63) is 41.5 Å². The Bertz CT molecular complexity index is 1550.